The van der Waals surface area contributed by atoms with Crippen LogP contribution in [0.5, 0.6) is 11.5 Å². The van der Waals surface area contributed by atoms with Crippen LogP contribution in [0.3, 0.4) is 0 Å². The summed E-state index contributed by atoms with van der Waals surface area (Å²) in [5, 5.41) is 9.43. The average molecular weight is 440 g/mol. The SMILES string of the molecule is Cc1cc(C)cc(OP(=O)(O)Oc2ccc(C(=O)O)c(C)c2C(=O)c2ccccc2)c1. The molecule has 0 spiro atoms. The maximum atomic E-state index is 13.1. The Morgan fingerprint density at radius 2 is 1.48 bits per heavy atom. The number of benzene rings is 3. The van der Waals surface area contributed by atoms with Crippen molar-refractivity contribution in [1.82, 2.24) is 0 Å². The van der Waals surface area contributed by atoms with Crippen molar-refractivity contribution < 1.29 is 33.2 Å². The Bertz CT molecular complexity index is 1180. The summed E-state index contributed by atoms with van der Waals surface area (Å²) in [7, 11) is -4.69. The van der Waals surface area contributed by atoms with Gasteiger partial charge in [-0.2, -0.15) is 0 Å². The zero-order chi connectivity index (χ0) is 22.8. The summed E-state index contributed by atoms with van der Waals surface area (Å²) >= 11 is 0. The molecule has 3 aromatic carbocycles. The number of hydrogen-bond donors (Lipinski definition) is 2. The Labute approximate surface area is 179 Å². The lowest BCUT2D eigenvalue weighted by molar-refractivity contribution is 0.0696. The lowest BCUT2D eigenvalue weighted by atomic mass is 9.94. The first-order valence-corrected chi connectivity index (χ1v) is 10.8. The molecule has 160 valence electrons. The molecule has 0 aliphatic rings. The molecular formula is C23H21O7P. The summed E-state index contributed by atoms with van der Waals surface area (Å²) in [5.74, 6) is -1.88. The van der Waals surface area contributed by atoms with Crippen LogP contribution in [-0.2, 0) is 4.57 Å². The topological polar surface area (TPSA) is 110 Å². The number of hydrogen-bond acceptors (Lipinski definition) is 5. The summed E-state index contributed by atoms with van der Waals surface area (Å²) in [6.07, 6.45) is 0. The van der Waals surface area contributed by atoms with E-state index in [9.17, 15) is 24.2 Å². The summed E-state index contributed by atoms with van der Waals surface area (Å²) < 4.78 is 23.1. The molecule has 0 heterocycles. The Hall–Kier alpha value is -3.41. The summed E-state index contributed by atoms with van der Waals surface area (Å²) in [6.45, 7) is 5.07. The van der Waals surface area contributed by atoms with E-state index >= 15 is 0 Å². The van der Waals surface area contributed by atoms with Gasteiger partial charge in [0.15, 0.2) is 5.78 Å². The number of phosphoric ester groups is 1. The van der Waals surface area contributed by atoms with Crippen LogP contribution in [0.15, 0.2) is 60.7 Å². The molecule has 0 saturated heterocycles. The fraction of sp³-hybridized carbons (Fsp3) is 0.130. The zero-order valence-corrected chi connectivity index (χ0v) is 18.1. The summed E-state index contributed by atoms with van der Waals surface area (Å²) in [5.41, 5.74) is 1.82. The van der Waals surface area contributed by atoms with E-state index in [0.29, 0.717) is 0 Å². The van der Waals surface area contributed by atoms with Crippen molar-refractivity contribution in [2.24, 2.45) is 0 Å². The highest BCUT2D eigenvalue weighted by Crippen LogP contribution is 2.46. The second kappa shape index (κ2) is 8.76. The first-order valence-electron chi connectivity index (χ1n) is 9.34. The second-order valence-corrected chi connectivity index (χ2v) is 8.39. The van der Waals surface area contributed by atoms with E-state index in [2.05, 4.69) is 0 Å². The number of phosphoric acid groups is 1. The highest BCUT2D eigenvalue weighted by molar-refractivity contribution is 7.48. The quantitative estimate of drug-likeness (QED) is 0.388. The van der Waals surface area contributed by atoms with E-state index in [-0.39, 0.29) is 33.8 Å². The Morgan fingerprint density at radius 3 is 2.06 bits per heavy atom. The van der Waals surface area contributed by atoms with Crippen LogP contribution in [-0.4, -0.2) is 21.8 Å². The van der Waals surface area contributed by atoms with E-state index in [4.69, 9.17) is 9.05 Å². The van der Waals surface area contributed by atoms with E-state index in [0.717, 1.165) is 11.1 Å². The van der Waals surface area contributed by atoms with Gasteiger partial charge in [0.05, 0.1) is 11.1 Å². The Balaban J connectivity index is 2.03. The number of carbonyl (C=O) groups excluding carboxylic acids is 1. The van der Waals surface area contributed by atoms with Gasteiger partial charge in [0.1, 0.15) is 11.5 Å². The Morgan fingerprint density at radius 1 is 0.871 bits per heavy atom. The molecule has 7 nitrogen and oxygen atoms in total. The molecule has 2 N–H and O–H groups in total. The fourth-order valence-electron chi connectivity index (χ4n) is 3.27. The fourth-order valence-corrected chi connectivity index (χ4v) is 4.08. The van der Waals surface area contributed by atoms with Crippen LogP contribution < -0.4 is 9.05 Å². The van der Waals surface area contributed by atoms with Crippen LogP contribution in [0.2, 0.25) is 0 Å². The molecule has 1 unspecified atom stereocenters. The third-order valence-corrected chi connectivity index (χ3v) is 5.42. The minimum atomic E-state index is -4.69. The predicted molar refractivity (Wildman–Crippen MR) is 115 cm³/mol. The minimum Gasteiger partial charge on any atom is -0.478 e. The van der Waals surface area contributed by atoms with Crippen molar-refractivity contribution in [2.75, 3.05) is 0 Å². The highest BCUT2D eigenvalue weighted by Gasteiger charge is 2.30. The van der Waals surface area contributed by atoms with Gasteiger partial charge in [0.2, 0.25) is 0 Å². The van der Waals surface area contributed by atoms with Crippen molar-refractivity contribution >= 4 is 19.6 Å². The third kappa shape index (κ3) is 5.20. The molecule has 0 saturated carbocycles. The van der Waals surface area contributed by atoms with Gasteiger partial charge in [-0.1, -0.05) is 36.4 Å². The zero-order valence-electron chi connectivity index (χ0n) is 17.2. The maximum Gasteiger partial charge on any atom is 0.584 e. The normalized spacial score (nSPS) is 12.6. The molecule has 3 aromatic rings. The van der Waals surface area contributed by atoms with Crippen molar-refractivity contribution in [1.29, 1.82) is 0 Å². The second-order valence-electron chi connectivity index (χ2n) is 7.09. The number of carboxylic acids is 1. The van der Waals surface area contributed by atoms with Gasteiger partial charge in [0.25, 0.3) is 0 Å². The number of rotatable bonds is 7. The number of carbonyl (C=O) groups is 2. The number of ketones is 1. The van der Waals surface area contributed by atoms with Crippen molar-refractivity contribution in [3.05, 3.63) is 94.0 Å². The molecular weight excluding hydrogens is 419 g/mol. The molecule has 8 heteroatoms. The van der Waals surface area contributed by atoms with Crippen molar-refractivity contribution in [3.63, 3.8) is 0 Å². The number of aromatic carboxylic acids is 1. The molecule has 0 aliphatic heterocycles. The minimum absolute atomic E-state index is 0.116. The maximum absolute atomic E-state index is 13.1. The van der Waals surface area contributed by atoms with Crippen molar-refractivity contribution in [2.45, 2.75) is 20.8 Å². The van der Waals surface area contributed by atoms with E-state index in [1.165, 1.54) is 19.1 Å². The van der Waals surface area contributed by atoms with Crippen LogP contribution in [0.1, 0.15) is 43.0 Å². The summed E-state index contributed by atoms with van der Waals surface area (Å²) in [6, 6.07) is 15.6. The van der Waals surface area contributed by atoms with Crippen LogP contribution in [0.25, 0.3) is 0 Å². The highest BCUT2D eigenvalue weighted by atomic mass is 31.2. The van der Waals surface area contributed by atoms with Gasteiger partial charge >= 0.3 is 13.8 Å². The van der Waals surface area contributed by atoms with Gasteiger partial charge in [-0.3, -0.25) is 9.69 Å². The van der Waals surface area contributed by atoms with Gasteiger partial charge in [-0.25, -0.2) is 9.36 Å². The average Bonchev–Trinajstić information content (AvgIpc) is 2.66. The standard InChI is InChI=1S/C23H21O7P/c1-14-11-15(2)13-18(12-14)29-31(27,28)30-20-10-9-19(23(25)26)16(3)21(20)22(24)17-7-5-4-6-8-17/h4-13H,1-3H3,(H,25,26)(H,27,28). The molecule has 0 radical (unpaired) electrons. The molecule has 0 bridgehead atoms. The molecule has 0 fully saturated rings. The first kappa shape index (κ1) is 22.3. The van der Waals surface area contributed by atoms with E-state index in [1.807, 2.05) is 19.9 Å². The number of aryl methyl sites for hydroxylation is 2. The van der Waals surface area contributed by atoms with Gasteiger partial charge in [0, 0.05) is 5.56 Å². The molecule has 0 aliphatic carbocycles. The molecule has 31 heavy (non-hydrogen) atoms. The summed E-state index contributed by atoms with van der Waals surface area (Å²) in [4.78, 5) is 35.0. The van der Waals surface area contributed by atoms with Crippen LogP contribution >= 0.6 is 7.82 Å². The third-order valence-electron chi connectivity index (χ3n) is 4.55. The number of carboxylic acid groups (broad SMARTS) is 1. The molecule has 1 atom stereocenters. The predicted octanol–water partition coefficient (Wildman–Crippen LogP) is 5.10. The lowest BCUT2D eigenvalue weighted by Gasteiger charge is -2.18. The van der Waals surface area contributed by atoms with E-state index < -0.39 is 19.6 Å². The first-order chi connectivity index (χ1) is 14.6. The van der Waals surface area contributed by atoms with E-state index in [1.54, 1.807) is 42.5 Å². The van der Waals surface area contributed by atoms with Gasteiger partial charge < -0.3 is 14.2 Å². The molecule has 0 amide bonds. The van der Waals surface area contributed by atoms with Crippen molar-refractivity contribution in [3.8, 4) is 11.5 Å². The van der Waals surface area contributed by atoms with Crippen LogP contribution in [0.4, 0.5) is 0 Å². The van der Waals surface area contributed by atoms with Crippen LogP contribution in [0, 0.1) is 20.8 Å². The smallest absolute Gasteiger partial charge is 0.478 e. The largest absolute Gasteiger partial charge is 0.584 e. The molecule has 3 rings (SSSR count). The molecule has 0 aromatic heterocycles. The van der Waals surface area contributed by atoms with Gasteiger partial charge in [-0.15, -0.1) is 0 Å². The monoisotopic (exact) mass is 440 g/mol. The Kier molecular flexibility index (Phi) is 6.29. The lowest BCUT2D eigenvalue weighted by Crippen LogP contribution is -2.12. The van der Waals surface area contributed by atoms with Gasteiger partial charge in [-0.05, 0) is 61.7 Å².